The quantitative estimate of drug-likeness (QED) is 0.301. The number of aromatic nitrogens is 1. The normalized spacial score (nSPS) is 12.1. The Morgan fingerprint density at radius 2 is 2.07 bits per heavy atom. The standard InChI is InChI=1S/C22H31NO4/c1-6-11-18(8-3)16-27-20(12-7-2)21-17(4)15-19(22(24)25)23(21)13-9-10-14-26-5/h6,8,11-12,15H,1,3,7,9-10,13-14,16H2,2,4-5H3,(H,24,25)/b18-11+,20-12+. The molecule has 5 nitrogen and oxygen atoms in total. The van der Waals surface area contributed by atoms with Gasteiger partial charge in [-0.15, -0.1) is 0 Å². The molecule has 0 unspecified atom stereocenters. The van der Waals surface area contributed by atoms with Crippen molar-refractivity contribution in [1.29, 1.82) is 0 Å². The van der Waals surface area contributed by atoms with Crippen LogP contribution in [-0.4, -0.2) is 36.0 Å². The monoisotopic (exact) mass is 373 g/mol. The van der Waals surface area contributed by atoms with E-state index in [-0.39, 0.29) is 5.69 Å². The molecule has 0 saturated heterocycles. The summed E-state index contributed by atoms with van der Waals surface area (Å²) in [5.41, 5.74) is 2.87. The van der Waals surface area contributed by atoms with E-state index in [1.54, 1.807) is 25.3 Å². The lowest BCUT2D eigenvalue weighted by molar-refractivity contribution is 0.0684. The Kier molecular flexibility index (Phi) is 9.98. The van der Waals surface area contributed by atoms with Gasteiger partial charge in [-0.05, 0) is 49.5 Å². The molecule has 0 aliphatic heterocycles. The summed E-state index contributed by atoms with van der Waals surface area (Å²) >= 11 is 0. The molecule has 0 amide bonds. The van der Waals surface area contributed by atoms with Crippen molar-refractivity contribution in [3.8, 4) is 0 Å². The first-order valence-corrected chi connectivity index (χ1v) is 9.19. The average molecular weight is 373 g/mol. The van der Waals surface area contributed by atoms with Crippen LogP contribution in [0, 0.1) is 6.92 Å². The number of rotatable bonds is 13. The van der Waals surface area contributed by atoms with Crippen LogP contribution in [0.1, 0.15) is 47.9 Å². The summed E-state index contributed by atoms with van der Waals surface area (Å²) in [6.45, 7) is 13.0. The van der Waals surface area contributed by atoms with E-state index in [1.165, 1.54) is 0 Å². The Hall–Kier alpha value is -2.53. The second-order valence-corrected chi connectivity index (χ2v) is 6.16. The van der Waals surface area contributed by atoms with Gasteiger partial charge in [-0.3, -0.25) is 0 Å². The highest BCUT2D eigenvalue weighted by molar-refractivity contribution is 5.87. The second-order valence-electron chi connectivity index (χ2n) is 6.16. The zero-order chi connectivity index (χ0) is 20.2. The fourth-order valence-electron chi connectivity index (χ4n) is 2.83. The SMILES string of the molecule is C=C/C=C(\C=C)CO/C(=C/CC)c1c(C)cc(C(=O)O)n1CCCCOC. The summed E-state index contributed by atoms with van der Waals surface area (Å²) in [4.78, 5) is 11.7. The van der Waals surface area contributed by atoms with E-state index < -0.39 is 5.97 Å². The van der Waals surface area contributed by atoms with E-state index in [0.29, 0.717) is 25.5 Å². The number of aromatic carboxylic acids is 1. The lowest BCUT2D eigenvalue weighted by Crippen LogP contribution is -2.13. The summed E-state index contributed by atoms with van der Waals surface area (Å²) in [5, 5.41) is 9.60. The smallest absolute Gasteiger partial charge is 0.352 e. The number of hydrogen-bond donors (Lipinski definition) is 1. The number of nitrogens with zero attached hydrogens (tertiary/aromatic N) is 1. The molecule has 0 bridgehead atoms. The fourth-order valence-corrected chi connectivity index (χ4v) is 2.83. The number of allylic oxidation sites excluding steroid dienone is 3. The van der Waals surface area contributed by atoms with Gasteiger partial charge in [0, 0.05) is 20.3 Å². The van der Waals surface area contributed by atoms with Crippen molar-refractivity contribution in [2.24, 2.45) is 0 Å². The van der Waals surface area contributed by atoms with Gasteiger partial charge in [0.15, 0.2) is 0 Å². The first-order valence-electron chi connectivity index (χ1n) is 9.19. The van der Waals surface area contributed by atoms with Gasteiger partial charge in [-0.2, -0.15) is 0 Å². The van der Waals surface area contributed by atoms with E-state index in [0.717, 1.165) is 36.1 Å². The molecule has 148 valence electrons. The molecule has 1 rings (SSSR count). The van der Waals surface area contributed by atoms with Crippen LogP contribution in [0.2, 0.25) is 0 Å². The highest BCUT2D eigenvalue weighted by Crippen LogP contribution is 2.26. The van der Waals surface area contributed by atoms with Gasteiger partial charge in [0.25, 0.3) is 0 Å². The van der Waals surface area contributed by atoms with Gasteiger partial charge in [-0.1, -0.05) is 38.3 Å². The highest BCUT2D eigenvalue weighted by atomic mass is 16.5. The molecule has 1 aromatic rings. The van der Waals surface area contributed by atoms with E-state index in [9.17, 15) is 9.90 Å². The number of carboxylic acid groups (broad SMARTS) is 1. The molecule has 0 aromatic carbocycles. The van der Waals surface area contributed by atoms with Crippen LogP contribution < -0.4 is 0 Å². The number of carbonyl (C=O) groups is 1. The minimum Gasteiger partial charge on any atom is -0.487 e. The summed E-state index contributed by atoms with van der Waals surface area (Å²) in [5.74, 6) is -0.253. The lowest BCUT2D eigenvalue weighted by Gasteiger charge is -2.17. The molecule has 0 atom stereocenters. The minimum atomic E-state index is -0.940. The summed E-state index contributed by atoms with van der Waals surface area (Å²) < 4.78 is 13.0. The molecule has 1 N–H and O–H groups in total. The van der Waals surface area contributed by atoms with E-state index in [1.807, 2.05) is 30.6 Å². The van der Waals surface area contributed by atoms with Crippen LogP contribution in [0.25, 0.3) is 5.76 Å². The third-order valence-electron chi connectivity index (χ3n) is 4.10. The molecule has 0 aliphatic rings. The summed E-state index contributed by atoms with van der Waals surface area (Å²) in [6.07, 6.45) is 9.71. The van der Waals surface area contributed by atoms with Crippen molar-refractivity contribution in [3.63, 3.8) is 0 Å². The maximum Gasteiger partial charge on any atom is 0.352 e. The molecule has 0 aliphatic carbocycles. The van der Waals surface area contributed by atoms with Crippen molar-refractivity contribution < 1.29 is 19.4 Å². The van der Waals surface area contributed by atoms with Crippen molar-refractivity contribution >= 4 is 11.7 Å². The minimum absolute atomic E-state index is 0.274. The molecule has 27 heavy (non-hydrogen) atoms. The number of ether oxygens (including phenoxy) is 2. The molecule has 1 aromatic heterocycles. The molecular formula is C22H31NO4. The molecule has 0 radical (unpaired) electrons. The Morgan fingerprint density at radius 1 is 1.33 bits per heavy atom. The predicted molar refractivity (Wildman–Crippen MR) is 110 cm³/mol. The molecule has 0 saturated carbocycles. The Labute approximate surface area is 162 Å². The molecule has 1 heterocycles. The van der Waals surface area contributed by atoms with Gasteiger partial charge in [0.1, 0.15) is 18.1 Å². The first kappa shape index (κ1) is 22.5. The van der Waals surface area contributed by atoms with Crippen LogP contribution in [-0.2, 0) is 16.0 Å². The van der Waals surface area contributed by atoms with Crippen LogP contribution in [0.4, 0.5) is 0 Å². The van der Waals surface area contributed by atoms with E-state index in [2.05, 4.69) is 13.2 Å². The number of hydrogen-bond acceptors (Lipinski definition) is 3. The molecule has 0 spiro atoms. The van der Waals surface area contributed by atoms with E-state index >= 15 is 0 Å². The molecule has 0 fully saturated rings. The van der Waals surface area contributed by atoms with Crippen LogP contribution in [0.15, 0.2) is 49.1 Å². The van der Waals surface area contributed by atoms with Gasteiger partial charge in [0.2, 0.25) is 0 Å². The molecule has 5 heteroatoms. The van der Waals surface area contributed by atoms with Crippen LogP contribution >= 0.6 is 0 Å². The largest absolute Gasteiger partial charge is 0.487 e. The maximum absolute atomic E-state index is 11.7. The zero-order valence-corrected chi connectivity index (χ0v) is 16.7. The summed E-state index contributed by atoms with van der Waals surface area (Å²) in [7, 11) is 1.66. The second kappa shape index (κ2) is 12.0. The van der Waals surface area contributed by atoms with Crippen molar-refractivity contribution in [2.45, 2.75) is 39.7 Å². The third-order valence-corrected chi connectivity index (χ3v) is 4.10. The Morgan fingerprint density at radius 3 is 2.63 bits per heavy atom. The van der Waals surface area contributed by atoms with Crippen molar-refractivity contribution in [2.75, 3.05) is 20.3 Å². The first-order chi connectivity index (χ1) is 13.0. The summed E-state index contributed by atoms with van der Waals surface area (Å²) in [6, 6.07) is 1.70. The van der Waals surface area contributed by atoms with E-state index in [4.69, 9.17) is 9.47 Å². The van der Waals surface area contributed by atoms with Crippen molar-refractivity contribution in [3.05, 3.63) is 66.1 Å². The topological polar surface area (TPSA) is 60.7 Å². The number of methoxy groups -OCH3 is 1. The third kappa shape index (κ3) is 6.61. The number of aryl methyl sites for hydroxylation is 1. The fraction of sp³-hybridized carbons (Fsp3) is 0.409. The van der Waals surface area contributed by atoms with Gasteiger partial charge < -0.3 is 19.1 Å². The predicted octanol–water partition coefficient (Wildman–Crippen LogP) is 4.99. The lowest BCUT2D eigenvalue weighted by atomic mass is 10.2. The number of unbranched alkanes of at least 4 members (excludes halogenated alkanes) is 1. The van der Waals surface area contributed by atoms with Gasteiger partial charge >= 0.3 is 5.97 Å². The van der Waals surface area contributed by atoms with Gasteiger partial charge in [0.05, 0.1) is 5.69 Å². The van der Waals surface area contributed by atoms with Crippen LogP contribution in [0.5, 0.6) is 0 Å². The maximum atomic E-state index is 11.7. The number of carboxylic acids is 1. The Bertz CT molecular complexity index is 710. The highest BCUT2D eigenvalue weighted by Gasteiger charge is 2.21. The van der Waals surface area contributed by atoms with Crippen LogP contribution in [0.3, 0.4) is 0 Å². The van der Waals surface area contributed by atoms with Gasteiger partial charge in [-0.25, -0.2) is 4.79 Å². The van der Waals surface area contributed by atoms with Crippen molar-refractivity contribution in [1.82, 2.24) is 4.57 Å². The zero-order valence-electron chi connectivity index (χ0n) is 16.7. The molecular weight excluding hydrogens is 342 g/mol. The Balaban J connectivity index is 3.22. The average Bonchev–Trinajstić information content (AvgIpc) is 2.97.